The van der Waals surface area contributed by atoms with Gasteiger partial charge in [0, 0.05) is 0 Å². The monoisotopic (exact) mass is 395 g/mol. The van der Waals surface area contributed by atoms with Gasteiger partial charge in [-0.05, 0) is 36.2 Å². The van der Waals surface area contributed by atoms with Crippen molar-refractivity contribution in [1.82, 2.24) is 4.72 Å². The molecule has 0 aromatic heterocycles. The highest BCUT2D eigenvalue weighted by Gasteiger charge is 2.29. The van der Waals surface area contributed by atoms with Crippen molar-refractivity contribution in [2.24, 2.45) is 0 Å². The SMILES string of the molecule is COC(=O)c1ccccc1S(=O)(=O)NC(Cc1ccc(F)cc1)C(=O)OC. The Kier molecular flexibility index (Phi) is 6.65. The molecule has 0 aliphatic heterocycles. The zero-order valence-corrected chi connectivity index (χ0v) is 15.5. The van der Waals surface area contributed by atoms with Crippen molar-refractivity contribution < 1.29 is 31.9 Å². The molecule has 1 unspecified atom stereocenters. The van der Waals surface area contributed by atoms with Crippen molar-refractivity contribution in [2.45, 2.75) is 17.4 Å². The summed E-state index contributed by atoms with van der Waals surface area (Å²) in [6.45, 7) is 0. The number of halogens is 1. The molecule has 27 heavy (non-hydrogen) atoms. The molecule has 0 amide bonds. The number of hydrogen-bond acceptors (Lipinski definition) is 6. The van der Waals surface area contributed by atoms with Crippen LogP contribution < -0.4 is 4.72 Å². The number of rotatable bonds is 7. The van der Waals surface area contributed by atoms with E-state index in [0.29, 0.717) is 5.56 Å². The number of carbonyl (C=O) groups is 2. The minimum absolute atomic E-state index is 0.0629. The second kappa shape index (κ2) is 8.74. The Morgan fingerprint density at radius 2 is 1.67 bits per heavy atom. The van der Waals surface area contributed by atoms with Crippen molar-refractivity contribution >= 4 is 22.0 Å². The van der Waals surface area contributed by atoms with E-state index in [1.165, 1.54) is 48.5 Å². The second-order valence-corrected chi connectivity index (χ2v) is 7.20. The molecule has 0 aliphatic rings. The van der Waals surface area contributed by atoms with Crippen molar-refractivity contribution in [3.63, 3.8) is 0 Å². The summed E-state index contributed by atoms with van der Waals surface area (Å²) in [6.07, 6.45) is -0.0629. The van der Waals surface area contributed by atoms with Gasteiger partial charge >= 0.3 is 11.9 Å². The third kappa shape index (κ3) is 5.11. The minimum atomic E-state index is -4.25. The van der Waals surface area contributed by atoms with Crippen LogP contribution in [0.3, 0.4) is 0 Å². The third-order valence-corrected chi connectivity index (χ3v) is 5.25. The molecule has 0 bridgehead atoms. The smallest absolute Gasteiger partial charge is 0.339 e. The van der Waals surface area contributed by atoms with Crippen LogP contribution >= 0.6 is 0 Å². The van der Waals surface area contributed by atoms with E-state index in [9.17, 15) is 22.4 Å². The molecule has 7 nitrogen and oxygen atoms in total. The maximum atomic E-state index is 13.0. The Labute approximate surface area is 156 Å². The molecule has 1 atom stereocenters. The number of esters is 2. The number of methoxy groups -OCH3 is 2. The summed E-state index contributed by atoms with van der Waals surface area (Å²) in [6, 6.07) is 9.44. The fourth-order valence-corrected chi connectivity index (χ4v) is 3.78. The molecule has 9 heteroatoms. The first-order valence-corrected chi connectivity index (χ1v) is 9.28. The first kappa shape index (κ1) is 20.5. The van der Waals surface area contributed by atoms with Gasteiger partial charge in [-0.1, -0.05) is 24.3 Å². The summed E-state index contributed by atoms with van der Waals surface area (Å²) in [4.78, 5) is 23.6. The zero-order valence-electron chi connectivity index (χ0n) is 14.6. The summed E-state index contributed by atoms with van der Waals surface area (Å²) in [5.41, 5.74) is 0.355. The standard InChI is InChI=1S/C18H18FNO6S/c1-25-17(21)14-5-3-4-6-16(14)27(23,24)20-15(18(22)26-2)11-12-7-9-13(19)10-8-12/h3-10,15,20H,11H2,1-2H3. The van der Waals surface area contributed by atoms with Crippen LogP contribution in [-0.4, -0.2) is 40.6 Å². The lowest BCUT2D eigenvalue weighted by Gasteiger charge is -2.18. The molecule has 0 saturated heterocycles. The molecule has 0 heterocycles. The molecule has 2 rings (SSSR count). The number of nitrogens with one attached hydrogen (secondary N) is 1. The molecular weight excluding hydrogens is 377 g/mol. The molecule has 2 aromatic rings. The van der Waals surface area contributed by atoms with Crippen LogP contribution in [0.5, 0.6) is 0 Å². The Morgan fingerprint density at radius 3 is 2.26 bits per heavy atom. The molecule has 0 radical (unpaired) electrons. The topological polar surface area (TPSA) is 98.8 Å². The maximum Gasteiger partial charge on any atom is 0.339 e. The molecule has 0 fully saturated rings. The molecule has 2 aromatic carbocycles. The highest BCUT2D eigenvalue weighted by atomic mass is 32.2. The van der Waals surface area contributed by atoms with Crippen LogP contribution in [0.1, 0.15) is 15.9 Å². The second-order valence-electron chi connectivity index (χ2n) is 5.52. The highest BCUT2D eigenvalue weighted by molar-refractivity contribution is 7.89. The van der Waals surface area contributed by atoms with E-state index in [-0.39, 0.29) is 16.9 Å². The molecule has 144 valence electrons. The first-order chi connectivity index (χ1) is 12.8. The van der Waals surface area contributed by atoms with E-state index >= 15 is 0 Å². The Balaban J connectivity index is 2.35. The van der Waals surface area contributed by atoms with Gasteiger partial charge in [-0.15, -0.1) is 0 Å². The van der Waals surface area contributed by atoms with Crippen LogP contribution in [0.25, 0.3) is 0 Å². The summed E-state index contributed by atoms with van der Waals surface area (Å²) < 4.78 is 50.1. The van der Waals surface area contributed by atoms with Crippen LogP contribution in [0.15, 0.2) is 53.4 Å². The van der Waals surface area contributed by atoms with Gasteiger partial charge in [0.2, 0.25) is 10.0 Å². The van der Waals surface area contributed by atoms with Crippen molar-refractivity contribution in [3.05, 3.63) is 65.5 Å². The van der Waals surface area contributed by atoms with Gasteiger partial charge in [-0.25, -0.2) is 17.6 Å². The molecular formula is C18H18FNO6S. The van der Waals surface area contributed by atoms with E-state index in [2.05, 4.69) is 14.2 Å². The van der Waals surface area contributed by atoms with Crippen LogP contribution in [-0.2, 0) is 30.7 Å². The van der Waals surface area contributed by atoms with Crippen LogP contribution in [0, 0.1) is 5.82 Å². The number of benzene rings is 2. The lowest BCUT2D eigenvalue weighted by atomic mass is 10.1. The van der Waals surface area contributed by atoms with Gasteiger partial charge in [-0.3, -0.25) is 4.79 Å². The third-order valence-electron chi connectivity index (χ3n) is 3.72. The number of carbonyl (C=O) groups excluding carboxylic acids is 2. The lowest BCUT2D eigenvalue weighted by Crippen LogP contribution is -2.43. The van der Waals surface area contributed by atoms with Crippen molar-refractivity contribution in [1.29, 1.82) is 0 Å². The zero-order chi connectivity index (χ0) is 20.0. The van der Waals surface area contributed by atoms with E-state index in [1.54, 1.807) is 0 Å². The summed E-state index contributed by atoms with van der Waals surface area (Å²) in [5.74, 6) is -2.11. The summed E-state index contributed by atoms with van der Waals surface area (Å²) in [5, 5.41) is 0. The van der Waals surface area contributed by atoms with E-state index in [0.717, 1.165) is 14.2 Å². The van der Waals surface area contributed by atoms with Crippen molar-refractivity contribution in [2.75, 3.05) is 14.2 Å². The number of hydrogen-bond donors (Lipinski definition) is 1. The molecule has 0 aliphatic carbocycles. The van der Waals surface area contributed by atoms with E-state index in [4.69, 9.17) is 0 Å². The number of ether oxygens (including phenoxy) is 2. The Bertz CT molecular complexity index is 927. The minimum Gasteiger partial charge on any atom is -0.468 e. The Morgan fingerprint density at radius 1 is 1.04 bits per heavy atom. The fraction of sp³-hybridized carbons (Fsp3) is 0.222. The maximum absolute atomic E-state index is 13.0. The van der Waals surface area contributed by atoms with E-state index in [1.807, 2.05) is 0 Å². The lowest BCUT2D eigenvalue weighted by molar-refractivity contribution is -0.142. The molecule has 0 spiro atoms. The van der Waals surface area contributed by atoms with Gasteiger partial charge in [0.05, 0.1) is 24.7 Å². The van der Waals surface area contributed by atoms with Gasteiger partial charge < -0.3 is 9.47 Å². The first-order valence-electron chi connectivity index (χ1n) is 7.80. The van der Waals surface area contributed by atoms with Crippen LogP contribution in [0.4, 0.5) is 4.39 Å². The van der Waals surface area contributed by atoms with Crippen LogP contribution in [0.2, 0.25) is 0 Å². The predicted octanol–water partition coefficient (Wildman–Crippen LogP) is 1.67. The average molecular weight is 395 g/mol. The summed E-state index contributed by atoms with van der Waals surface area (Å²) >= 11 is 0. The largest absolute Gasteiger partial charge is 0.468 e. The highest BCUT2D eigenvalue weighted by Crippen LogP contribution is 2.18. The quantitative estimate of drug-likeness (QED) is 0.716. The summed E-state index contributed by atoms with van der Waals surface area (Å²) in [7, 11) is -2.00. The van der Waals surface area contributed by atoms with Gasteiger partial charge in [-0.2, -0.15) is 4.72 Å². The average Bonchev–Trinajstić information content (AvgIpc) is 2.67. The number of sulfonamides is 1. The fourth-order valence-electron chi connectivity index (χ4n) is 2.40. The molecule has 1 N–H and O–H groups in total. The van der Waals surface area contributed by atoms with Gasteiger partial charge in [0.25, 0.3) is 0 Å². The normalized spacial score (nSPS) is 12.3. The van der Waals surface area contributed by atoms with Gasteiger partial charge in [0.15, 0.2) is 0 Å². The van der Waals surface area contributed by atoms with Gasteiger partial charge in [0.1, 0.15) is 11.9 Å². The van der Waals surface area contributed by atoms with E-state index < -0.39 is 33.8 Å². The Hall–Kier alpha value is -2.78. The van der Waals surface area contributed by atoms with Crippen molar-refractivity contribution in [3.8, 4) is 0 Å². The molecule has 0 saturated carbocycles. The predicted molar refractivity (Wildman–Crippen MR) is 94.0 cm³/mol.